The number of aryl methyl sites for hydroxylation is 1. The first kappa shape index (κ1) is 18.8. The zero-order valence-corrected chi connectivity index (χ0v) is 15.0. The first-order valence-corrected chi connectivity index (χ1v) is 8.52. The normalized spacial score (nSPS) is 26.2. The van der Waals surface area contributed by atoms with Crippen molar-refractivity contribution in [2.24, 2.45) is 0 Å². The Hall–Kier alpha value is -1.57. The summed E-state index contributed by atoms with van der Waals surface area (Å²) < 4.78 is 21.6. The van der Waals surface area contributed by atoms with Gasteiger partial charge in [-0.1, -0.05) is 17.7 Å². The van der Waals surface area contributed by atoms with Gasteiger partial charge in [-0.25, -0.2) is 4.79 Å². The third kappa shape index (κ3) is 4.49. The molecule has 0 spiro atoms. The molecule has 2 rings (SSSR count). The third-order valence-corrected chi connectivity index (χ3v) is 5.07. The van der Waals surface area contributed by atoms with Gasteiger partial charge in [-0.3, -0.25) is 4.79 Å². The monoisotopic (exact) mass is 354 g/mol. The first-order valence-electron chi connectivity index (χ1n) is 7.58. The van der Waals surface area contributed by atoms with E-state index in [1.165, 1.54) is 25.8 Å². The van der Waals surface area contributed by atoms with Gasteiger partial charge in [0, 0.05) is 21.1 Å². The molecular formula is C17H22O6S. The maximum Gasteiger partial charge on any atom is 0.338 e. The number of thioether (sulfide) groups is 1. The first-order chi connectivity index (χ1) is 11.5. The molecule has 1 aliphatic rings. The highest BCUT2D eigenvalue weighted by molar-refractivity contribution is 8.00. The molecule has 1 saturated heterocycles. The van der Waals surface area contributed by atoms with Gasteiger partial charge in [-0.2, -0.15) is 0 Å². The predicted molar refractivity (Wildman–Crippen MR) is 90.0 cm³/mol. The Bertz CT molecular complexity index is 573. The molecule has 1 heterocycles. The van der Waals surface area contributed by atoms with Crippen molar-refractivity contribution in [3.63, 3.8) is 0 Å². The number of carbonyl (C=O) groups excluding carboxylic acids is 2. The Kier molecular flexibility index (Phi) is 6.65. The lowest BCUT2D eigenvalue weighted by atomic mass is 10.1. The molecule has 0 aliphatic carbocycles. The second kappa shape index (κ2) is 8.50. The Labute approximate surface area is 145 Å². The van der Waals surface area contributed by atoms with Crippen LogP contribution in [0.5, 0.6) is 0 Å². The van der Waals surface area contributed by atoms with Crippen LogP contribution in [0.15, 0.2) is 24.3 Å². The molecule has 1 aliphatic heterocycles. The van der Waals surface area contributed by atoms with E-state index in [1.54, 1.807) is 19.2 Å². The smallest absolute Gasteiger partial charge is 0.338 e. The van der Waals surface area contributed by atoms with E-state index in [-0.39, 0.29) is 5.25 Å². The molecular weight excluding hydrogens is 332 g/mol. The van der Waals surface area contributed by atoms with Gasteiger partial charge in [0.15, 0.2) is 11.5 Å². The standard InChI is InChI=1S/C17H22O6S/c1-10-5-7-12(8-6-10)16(19)23-15-14(21-4)13(9-20-3)24-17(15)22-11(2)18/h5-8,13-15,17H,9H2,1-4H3/t13-,14-,15+,17?/m1/s1. The number of hydrogen-bond acceptors (Lipinski definition) is 7. The third-order valence-electron chi connectivity index (χ3n) is 3.68. The Balaban J connectivity index is 2.16. The average Bonchev–Trinajstić information content (AvgIpc) is 2.84. The molecule has 1 aromatic rings. The fourth-order valence-corrected chi connectivity index (χ4v) is 4.08. The molecule has 0 amide bonds. The van der Waals surface area contributed by atoms with E-state index in [0.717, 1.165) is 5.56 Å². The molecule has 0 radical (unpaired) electrons. The second-order valence-electron chi connectivity index (χ2n) is 5.54. The van der Waals surface area contributed by atoms with Gasteiger partial charge in [0.1, 0.15) is 6.10 Å². The number of rotatable bonds is 6. The molecule has 6 nitrogen and oxygen atoms in total. The molecule has 4 atom stereocenters. The Morgan fingerprint density at radius 1 is 1.08 bits per heavy atom. The predicted octanol–water partition coefficient (Wildman–Crippen LogP) is 2.19. The quantitative estimate of drug-likeness (QED) is 0.725. The summed E-state index contributed by atoms with van der Waals surface area (Å²) in [5.41, 5.74) is 0.870. The van der Waals surface area contributed by atoms with Gasteiger partial charge in [0.05, 0.1) is 17.4 Å². The van der Waals surface area contributed by atoms with Gasteiger partial charge in [-0.05, 0) is 19.1 Å². The SMILES string of the molecule is COC[C@H]1SC(OC(C)=O)[C@@H](OC(=O)c2ccc(C)cc2)[C@@H]1OC. The molecule has 24 heavy (non-hydrogen) atoms. The maximum atomic E-state index is 12.4. The van der Waals surface area contributed by atoms with E-state index < -0.39 is 29.6 Å². The average molecular weight is 354 g/mol. The summed E-state index contributed by atoms with van der Waals surface area (Å²) in [6, 6.07) is 7.08. The van der Waals surface area contributed by atoms with Crippen molar-refractivity contribution < 1.29 is 28.5 Å². The van der Waals surface area contributed by atoms with Crippen LogP contribution in [0.1, 0.15) is 22.8 Å². The number of carbonyl (C=O) groups is 2. The number of hydrogen-bond donors (Lipinski definition) is 0. The molecule has 1 unspecified atom stereocenters. The van der Waals surface area contributed by atoms with Gasteiger partial charge in [0.25, 0.3) is 0 Å². The van der Waals surface area contributed by atoms with Crippen molar-refractivity contribution >= 4 is 23.7 Å². The van der Waals surface area contributed by atoms with E-state index in [0.29, 0.717) is 12.2 Å². The topological polar surface area (TPSA) is 71.1 Å². The Morgan fingerprint density at radius 2 is 1.75 bits per heavy atom. The van der Waals surface area contributed by atoms with Gasteiger partial charge in [-0.15, -0.1) is 11.8 Å². The summed E-state index contributed by atoms with van der Waals surface area (Å²) in [4.78, 5) is 23.8. The summed E-state index contributed by atoms with van der Waals surface area (Å²) in [5, 5.41) is -0.0971. The van der Waals surface area contributed by atoms with Crippen LogP contribution in [0.2, 0.25) is 0 Å². The summed E-state index contributed by atoms with van der Waals surface area (Å²) >= 11 is 1.37. The van der Waals surface area contributed by atoms with Gasteiger partial charge < -0.3 is 18.9 Å². The van der Waals surface area contributed by atoms with Crippen LogP contribution in [-0.2, 0) is 23.7 Å². The number of esters is 2. The van der Waals surface area contributed by atoms with Crippen molar-refractivity contribution in [1.82, 2.24) is 0 Å². The van der Waals surface area contributed by atoms with Gasteiger partial charge in [0.2, 0.25) is 0 Å². The van der Waals surface area contributed by atoms with Crippen molar-refractivity contribution in [3.8, 4) is 0 Å². The second-order valence-corrected chi connectivity index (χ2v) is 6.89. The summed E-state index contributed by atoms with van der Waals surface area (Å²) in [7, 11) is 3.12. The van der Waals surface area contributed by atoms with Crippen molar-refractivity contribution in [2.75, 3.05) is 20.8 Å². The summed E-state index contributed by atoms with van der Waals surface area (Å²) in [6.45, 7) is 3.67. The van der Waals surface area contributed by atoms with Crippen molar-refractivity contribution in [3.05, 3.63) is 35.4 Å². The molecule has 132 valence electrons. The minimum Gasteiger partial charge on any atom is -0.451 e. The molecule has 1 fully saturated rings. The van der Waals surface area contributed by atoms with Crippen LogP contribution in [0, 0.1) is 6.92 Å². The van der Waals surface area contributed by atoms with Crippen molar-refractivity contribution in [1.29, 1.82) is 0 Å². The lowest BCUT2D eigenvalue weighted by Crippen LogP contribution is -2.40. The van der Waals surface area contributed by atoms with Crippen LogP contribution in [0.25, 0.3) is 0 Å². The number of benzene rings is 1. The Morgan fingerprint density at radius 3 is 2.29 bits per heavy atom. The largest absolute Gasteiger partial charge is 0.451 e. The molecule has 0 saturated carbocycles. The van der Waals surface area contributed by atoms with Crippen LogP contribution in [-0.4, -0.2) is 55.7 Å². The lowest BCUT2D eigenvalue weighted by Gasteiger charge is -2.24. The van der Waals surface area contributed by atoms with E-state index in [1.807, 2.05) is 19.1 Å². The minimum absolute atomic E-state index is 0.0971. The molecule has 7 heteroatoms. The number of ether oxygens (including phenoxy) is 4. The van der Waals surface area contributed by atoms with Crippen LogP contribution in [0.3, 0.4) is 0 Å². The minimum atomic E-state index is -0.696. The van der Waals surface area contributed by atoms with E-state index in [4.69, 9.17) is 18.9 Å². The van der Waals surface area contributed by atoms with E-state index >= 15 is 0 Å². The zero-order valence-electron chi connectivity index (χ0n) is 14.2. The van der Waals surface area contributed by atoms with E-state index in [9.17, 15) is 9.59 Å². The highest BCUT2D eigenvalue weighted by Gasteiger charge is 2.49. The summed E-state index contributed by atoms with van der Waals surface area (Å²) in [5.74, 6) is -0.908. The molecule has 1 aromatic carbocycles. The molecule has 0 bridgehead atoms. The summed E-state index contributed by atoms with van der Waals surface area (Å²) in [6.07, 6.45) is -1.12. The number of methoxy groups -OCH3 is 2. The lowest BCUT2D eigenvalue weighted by molar-refractivity contribution is -0.149. The maximum absolute atomic E-state index is 12.4. The highest BCUT2D eigenvalue weighted by Crippen LogP contribution is 2.39. The van der Waals surface area contributed by atoms with Gasteiger partial charge >= 0.3 is 11.9 Å². The van der Waals surface area contributed by atoms with Crippen LogP contribution >= 0.6 is 11.8 Å². The van der Waals surface area contributed by atoms with Crippen molar-refractivity contribution in [2.45, 2.75) is 36.7 Å². The van der Waals surface area contributed by atoms with Crippen LogP contribution in [0.4, 0.5) is 0 Å². The highest BCUT2D eigenvalue weighted by atomic mass is 32.2. The van der Waals surface area contributed by atoms with E-state index in [2.05, 4.69) is 0 Å². The zero-order chi connectivity index (χ0) is 17.7. The fraction of sp³-hybridized carbons (Fsp3) is 0.529. The van der Waals surface area contributed by atoms with Crippen LogP contribution < -0.4 is 0 Å². The fourth-order valence-electron chi connectivity index (χ4n) is 2.54. The molecule has 0 N–H and O–H groups in total. The molecule has 0 aromatic heterocycles.